The number of benzene rings is 1. The van der Waals surface area contributed by atoms with E-state index in [0.29, 0.717) is 34.7 Å². The van der Waals surface area contributed by atoms with E-state index in [1.165, 1.54) is 35.6 Å². The molecule has 25 heavy (non-hydrogen) atoms. The molecule has 2 heterocycles. The third kappa shape index (κ3) is 4.06. The SMILES string of the molecule is CCOCc1nnc(NC(=O)c2nc(-c3ccc(F)cc3)oc2C)s1. The summed E-state index contributed by atoms with van der Waals surface area (Å²) >= 11 is 1.23. The maximum Gasteiger partial charge on any atom is 0.279 e. The Bertz CT molecular complexity index is 876. The predicted molar refractivity (Wildman–Crippen MR) is 89.8 cm³/mol. The first-order chi connectivity index (χ1) is 12.1. The maximum absolute atomic E-state index is 13.0. The molecular formula is C16H15FN4O3S. The van der Waals surface area contributed by atoms with Crippen LogP contribution in [0.3, 0.4) is 0 Å². The van der Waals surface area contributed by atoms with Gasteiger partial charge in [-0.2, -0.15) is 0 Å². The molecule has 0 saturated heterocycles. The van der Waals surface area contributed by atoms with Crippen LogP contribution in [0.4, 0.5) is 9.52 Å². The zero-order chi connectivity index (χ0) is 17.8. The second kappa shape index (κ2) is 7.49. The minimum atomic E-state index is -0.450. The van der Waals surface area contributed by atoms with Gasteiger partial charge in [0.1, 0.15) is 23.2 Å². The Morgan fingerprint density at radius 2 is 2.08 bits per heavy atom. The van der Waals surface area contributed by atoms with Crippen molar-refractivity contribution in [2.75, 3.05) is 11.9 Å². The summed E-state index contributed by atoms with van der Waals surface area (Å²) in [5.41, 5.74) is 0.722. The Hall–Kier alpha value is -2.65. The Morgan fingerprint density at radius 3 is 2.80 bits per heavy atom. The molecule has 0 bridgehead atoms. The first-order valence-corrected chi connectivity index (χ1v) is 8.33. The molecule has 0 aliphatic carbocycles. The van der Waals surface area contributed by atoms with Crippen LogP contribution in [0.25, 0.3) is 11.5 Å². The predicted octanol–water partition coefficient (Wildman–Crippen LogP) is 3.43. The molecule has 0 atom stereocenters. The fourth-order valence-electron chi connectivity index (χ4n) is 2.03. The number of carbonyl (C=O) groups is 1. The van der Waals surface area contributed by atoms with E-state index in [1.807, 2.05) is 6.92 Å². The lowest BCUT2D eigenvalue weighted by Gasteiger charge is -1.97. The molecule has 9 heteroatoms. The highest BCUT2D eigenvalue weighted by Crippen LogP contribution is 2.23. The van der Waals surface area contributed by atoms with Crippen LogP contribution in [-0.2, 0) is 11.3 Å². The fourth-order valence-corrected chi connectivity index (χ4v) is 2.70. The van der Waals surface area contributed by atoms with Gasteiger partial charge in [-0.3, -0.25) is 10.1 Å². The normalized spacial score (nSPS) is 10.8. The van der Waals surface area contributed by atoms with Crippen LogP contribution < -0.4 is 5.32 Å². The lowest BCUT2D eigenvalue weighted by Crippen LogP contribution is -2.13. The van der Waals surface area contributed by atoms with Crippen LogP contribution >= 0.6 is 11.3 Å². The molecule has 1 aromatic carbocycles. The Morgan fingerprint density at radius 1 is 1.32 bits per heavy atom. The van der Waals surface area contributed by atoms with E-state index < -0.39 is 5.91 Å². The maximum atomic E-state index is 13.0. The van der Waals surface area contributed by atoms with Gasteiger partial charge in [0.25, 0.3) is 5.91 Å². The summed E-state index contributed by atoms with van der Waals surface area (Å²) in [4.78, 5) is 16.6. The van der Waals surface area contributed by atoms with E-state index in [4.69, 9.17) is 9.15 Å². The zero-order valence-corrected chi connectivity index (χ0v) is 14.4. The molecule has 0 aliphatic rings. The van der Waals surface area contributed by atoms with Gasteiger partial charge in [0.05, 0.1) is 0 Å². The molecule has 1 amide bonds. The van der Waals surface area contributed by atoms with E-state index in [9.17, 15) is 9.18 Å². The molecular weight excluding hydrogens is 347 g/mol. The van der Waals surface area contributed by atoms with Crippen molar-refractivity contribution in [2.45, 2.75) is 20.5 Å². The monoisotopic (exact) mass is 362 g/mol. The van der Waals surface area contributed by atoms with Gasteiger partial charge in [-0.25, -0.2) is 9.37 Å². The minimum absolute atomic E-state index is 0.140. The first kappa shape index (κ1) is 17.2. The number of nitrogens with one attached hydrogen (secondary N) is 1. The topological polar surface area (TPSA) is 90.1 Å². The lowest BCUT2D eigenvalue weighted by molar-refractivity contribution is 0.102. The third-order valence-corrected chi connectivity index (χ3v) is 4.03. The van der Waals surface area contributed by atoms with Gasteiger partial charge in [-0.05, 0) is 38.1 Å². The lowest BCUT2D eigenvalue weighted by atomic mass is 10.2. The Kier molecular flexibility index (Phi) is 5.15. The van der Waals surface area contributed by atoms with E-state index in [2.05, 4.69) is 20.5 Å². The molecule has 7 nitrogen and oxygen atoms in total. The Balaban J connectivity index is 1.74. The number of amides is 1. The number of halogens is 1. The number of nitrogens with zero attached hydrogens (tertiary/aromatic N) is 3. The standard InChI is InChI=1S/C16H15FN4O3S/c1-3-23-8-12-20-21-16(25-12)19-14(22)13-9(2)24-15(18-13)10-4-6-11(17)7-5-10/h4-7H,3,8H2,1-2H3,(H,19,21,22). The summed E-state index contributed by atoms with van der Waals surface area (Å²) in [7, 11) is 0. The van der Waals surface area contributed by atoms with Crippen molar-refractivity contribution in [3.63, 3.8) is 0 Å². The molecule has 0 spiro atoms. The number of anilines is 1. The quantitative estimate of drug-likeness (QED) is 0.722. The van der Waals surface area contributed by atoms with Gasteiger partial charge in [-0.1, -0.05) is 11.3 Å². The molecule has 0 radical (unpaired) electrons. The highest BCUT2D eigenvalue weighted by molar-refractivity contribution is 7.15. The highest BCUT2D eigenvalue weighted by atomic mass is 32.1. The molecule has 0 saturated carbocycles. The smallest absolute Gasteiger partial charge is 0.279 e. The number of hydrogen-bond acceptors (Lipinski definition) is 7. The third-order valence-electron chi connectivity index (χ3n) is 3.22. The molecule has 0 unspecified atom stereocenters. The molecule has 1 N–H and O–H groups in total. The average Bonchev–Trinajstić information content (AvgIpc) is 3.20. The average molecular weight is 362 g/mol. The van der Waals surface area contributed by atoms with Gasteiger partial charge in [0, 0.05) is 12.2 Å². The van der Waals surface area contributed by atoms with Crippen LogP contribution in [0, 0.1) is 12.7 Å². The van der Waals surface area contributed by atoms with Gasteiger partial charge in [-0.15, -0.1) is 10.2 Å². The number of hydrogen-bond donors (Lipinski definition) is 1. The summed E-state index contributed by atoms with van der Waals surface area (Å²) in [6.07, 6.45) is 0. The van der Waals surface area contributed by atoms with Gasteiger partial charge < -0.3 is 9.15 Å². The Labute approximate surface area is 146 Å². The summed E-state index contributed by atoms with van der Waals surface area (Å²) < 4.78 is 23.8. The molecule has 130 valence electrons. The second-order valence-electron chi connectivity index (χ2n) is 5.02. The molecule has 0 aliphatic heterocycles. The van der Waals surface area contributed by atoms with Crippen molar-refractivity contribution in [1.29, 1.82) is 0 Å². The van der Waals surface area contributed by atoms with E-state index >= 15 is 0 Å². The largest absolute Gasteiger partial charge is 0.441 e. The first-order valence-electron chi connectivity index (χ1n) is 7.51. The van der Waals surface area contributed by atoms with Crippen LogP contribution in [0.1, 0.15) is 28.2 Å². The number of rotatable bonds is 6. The molecule has 3 rings (SSSR count). The molecule has 2 aromatic heterocycles. The number of oxazole rings is 1. The minimum Gasteiger partial charge on any atom is -0.441 e. The number of aromatic nitrogens is 3. The fraction of sp³-hybridized carbons (Fsp3) is 0.250. The molecule has 0 fully saturated rings. The zero-order valence-electron chi connectivity index (χ0n) is 13.6. The summed E-state index contributed by atoms with van der Waals surface area (Å²) in [6.45, 7) is 4.44. The van der Waals surface area contributed by atoms with E-state index in [-0.39, 0.29) is 17.4 Å². The van der Waals surface area contributed by atoms with E-state index in [0.717, 1.165) is 0 Å². The van der Waals surface area contributed by atoms with Crippen molar-refractivity contribution in [2.24, 2.45) is 0 Å². The van der Waals surface area contributed by atoms with Crippen molar-refractivity contribution < 1.29 is 18.3 Å². The van der Waals surface area contributed by atoms with Crippen LogP contribution in [0.2, 0.25) is 0 Å². The van der Waals surface area contributed by atoms with Gasteiger partial charge in [0.2, 0.25) is 11.0 Å². The second-order valence-corrected chi connectivity index (χ2v) is 6.08. The number of aryl methyl sites for hydroxylation is 1. The van der Waals surface area contributed by atoms with Crippen molar-refractivity contribution in [3.8, 4) is 11.5 Å². The summed E-state index contributed by atoms with van der Waals surface area (Å²) in [5, 5.41) is 11.5. The van der Waals surface area contributed by atoms with Crippen LogP contribution in [-0.4, -0.2) is 27.7 Å². The highest BCUT2D eigenvalue weighted by Gasteiger charge is 2.19. The van der Waals surface area contributed by atoms with Crippen LogP contribution in [0.5, 0.6) is 0 Å². The van der Waals surface area contributed by atoms with Crippen molar-refractivity contribution in [1.82, 2.24) is 15.2 Å². The van der Waals surface area contributed by atoms with Gasteiger partial charge in [0.15, 0.2) is 5.69 Å². The number of ether oxygens (including phenoxy) is 1. The van der Waals surface area contributed by atoms with E-state index in [1.54, 1.807) is 6.92 Å². The van der Waals surface area contributed by atoms with Crippen molar-refractivity contribution in [3.05, 3.63) is 46.5 Å². The number of carbonyl (C=O) groups excluding carboxylic acids is 1. The van der Waals surface area contributed by atoms with Crippen LogP contribution in [0.15, 0.2) is 28.7 Å². The van der Waals surface area contributed by atoms with Gasteiger partial charge >= 0.3 is 0 Å². The summed E-state index contributed by atoms with van der Waals surface area (Å²) in [6, 6.07) is 5.67. The molecule has 3 aromatic rings. The van der Waals surface area contributed by atoms with Crippen molar-refractivity contribution >= 4 is 22.4 Å². The summed E-state index contributed by atoms with van der Waals surface area (Å²) in [5.74, 6) is -0.203.